The Labute approximate surface area is 138 Å². The highest BCUT2D eigenvalue weighted by molar-refractivity contribution is 9.10. The number of aromatic nitrogens is 1. The highest BCUT2D eigenvalue weighted by atomic mass is 79.9. The minimum absolute atomic E-state index is 0.0375. The van der Waals surface area contributed by atoms with E-state index in [9.17, 15) is 8.42 Å². The number of nitrogens with zero attached hydrogens (tertiary/aromatic N) is 1. The number of halogens is 1. The summed E-state index contributed by atoms with van der Waals surface area (Å²) >= 11 is 3.33. The van der Waals surface area contributed by atoms with Crippen LogP contribution in [-0.2, 0) is 10.0 Å². The molecule has 0 amide bonds. The highest BCUT2D eigenvalue weighted by Crippen LogP contribution is 2.21. The summed E-state index contributed by atoms with van der Waals surface area (Å²) in [7, 11) is -3.67. The van der Waals surface area contributed by atoms with E-state index in [1.807, 2.05) is 20.8 Å². The smallest absolute Gasteiger partial charge is 0.263 e. The van der Waals surface area contributed by atoms with Crippen LogP contribution >= 0.6 is 15.9 Å². The summed E-state index contributed by atoms with van der Waals surface area (Å²) in [5.41, 5.74) is 0.897. The average Bonchev–Trinajstić information content (AvgIpc) is 2.42. The topological polar surface area (TPSA) is 68.3 Å². The Morgan fingerprint density at radius 1 is 1.23 bits per heavy atom. The minimum Gasteiger partial charge on any atom is -0.491 e. The van der Waals surface area contributed by atoms with Gasteiger partial charge >= 0.3 is 0 Å². The Morgan fingerprint density at radius 3 is 2.41 bits per heavy atom. The second-order valence-electron chi connectivity index (χ2n) is 5.06. The molecule has 0 atom stereocenters. The molecule has 118 valence electrons. The molecule has 2 aromatic rings. The molecule has 5 nitrogen and oxygen atoms in total. The minimum atomic E-state index is -3.67. The van der Waals surface area contributed by atoms with Gasteiger partial charge in [0.15, 0.2) is 0 Å². The fraction of sp³-hybridized carbons (Fsp3) is 0.267. The highest BCUT2D eigenvalue weighted by Gasteiger charge is 2.15. The summed E-state index contributed by atoms with van der Waals surface area (Å²) in [6.45, 7) is 5.68. The number of ether oxygens (including phenoxy) is 1. The Balaban J connectivity index is 2.20. The van der Waals surface area contributed by atoms with Gasteiger partial charge in [-0.2, -0.15) is 0 Å². The number of rotatable bonds is 5. The van der Waals surface area contributed by atoms with E-state index in [2.05, 4.69) is 25.6 Å². The predicted octanol–water partition coefficient (Wildman–Crippen LogP) is 3.74. The molecule has 0 aliphatic heterocycles. The molecule has 0 aliphatic rings. The first-order valence-electron chi connectivity index (χ1n) is 6.69. The Bertz CT molecular complexity index is 759. The van der Waals surface area contributed by atoms with Gasteiger partial charge < -0.3 is 4.74 Å². The summed E-state index contributed by atoms with van der Waals surface area (Å²) in [5.74, 6) is 0.912. The van der Waals surface area contributed by atoms with Crippen molar-refractivity contribution in [1.29, 1.82) is 0 Å². The molecule has 0 saturated carbocycles. The summed E-state index contributed by atoms with van der Waals surface area (Å²) in [5, 5.41) is 0. The fourth-order valence-corrected chi connectivity index (χ4v) is 2.98. The number of anilines is 1. The molecular weight excluding hydrogens is 368 g/mol. The van der Waals surface area contributed by atoms with Crippen LogP contribution in [0.1, 0.15) is 19.4 Å². The van der Waals surface area contributed by atoms with Gasteiger partial charge in [-0.1, -0.05) is 0 Å². The second kappa shape index (κ2) is 6.66. The quantitative estimate of drug-likeness (QED) is 0.852. The van der Waals surface area contributed by atoms with Crippen molar-refractivity contribution in [2.45, 2.75) is 31.8 Å². The molecule has 0 unspecified atom stereocenters. The summed E-state index contributed by atoms with van der Waals surface area (Å²) in [6.07, 6.45) is 1.60. The standard InChI is InChI=1S/C15H17BrN2O3S/c1-10(2)21-12-4-6-13(7-5-12)22(19,20)18-15-8-11(3)14(16)9-17-15/h4-10H,1-3H3,(H,17,18). The molecule has 1 aromatic carbocycles. The van der Waals surface area contributed by atoms with E-state index in [-0.39, 0.29) is 16.8 Å². The summed E-state index contributed by atoms with van der Waals surface area (Å²) in [6, 6.07) is 7.94. The maximum atomic E-state index is 12.3. The maximum absolute atomic E-state index is 12.3. The maximum Gasteiger partial charge on any atom is 0.263 e. The van der Waals surface area contributed by atoms with Gasteiger partial charge in [0.2, 0.25) is 0 Å². The molecule has 0 fully saturated rings. The number of nitrogens with one attached hydrogen (secondary N) is 1. The van der Waals surface area contributed by atoms with Crippen LogP contribution in [0.3, 0.4) is 0 Å². The van der Waals surface area contributed by atoms with Gasteiger partial charge in [0, 0.05) is 10.7 Å². The molecule has 1 N–H and O–H groups in total. The van der Waals surface area contributed by atoms with Crippen LogP contribution in [0.15, 0.2) is 45.9 Å². The van der Waals surface area contributed by atoms with Crippen molar-refractivity contribution in [3.63, 3.8) is 0 Å². The van der Waals surface area contributed by atoms with E-state index < -0.39 is 10.0 Å². The van der Waals surface area contributed by atoms with Gasteiger partial charge in [-0.15, -0.1) is 0 Å². The predicted molar refractivity (Wildman–Crippen MR) is 89.7 cm³/mol. The van der Waals surface area contributed by atoms with Crippen LogP contribution in [-0.4, -0.2) is 19.5 Å². The van der Waals surface area contributed by atoms with E-state index in [0.29, 0.717) is 5.75 Å². The van der Waals surface area contributed by atoms with Crippen molar-refractivity contribution in [2.24, 2.45) is 0 Å². The number of sulfonamides is 1. The van der Waals surface area contributed by atoms with Gasteiger partial charge in [0.1, 0.15) is 11.6 Å². The number of benzene rings is 1. The van der Waals surface area contributed by atoms with Crippen LogP contribution in [0.2, 0.25) is 0 Å². The zero-order chi connectivity index (χ0) is 16.3. The van der Waals surface area contributed by atoms with Crippen LogP contribution < -0.4 is 9.46 Å². The van der Waals surface area contributed by atoms with Crippen molar-refractivity contribution >= 4 is 31.8 Å². The zero-order valence-corrected chi connectivity index (χ0v) is 14.9. The number of pyridine rings is 1. The van der Waals surface area contributed by atoms with E-state index in [1.165, 1.54) is 12.1 Å². The first kappa shape index (κ1) is 16.8. The third-order valence-electron chi connectivity index (χ3n) is 2.79. The van der Waals surface area contributed by atoms with Gasteiger partial charge in [-0.05, 0) is 72.6 Å². The molecule has 0 saturated heterocycles. The van der Waals surface area contributed by atoms with Crippen molar-refractivity contribution in [1.82, 2.24) is 4.98 Å². The molecule has 1 aromatic heterocycles. The van der Waals surface area contributed by atoms with Gasteiger partial charge in [-0.3, -0.25) is 4.72 Å². The van der Waals surface area contributed by atoms with Crippen LogP contribution in [0.5, 0.6) is 5.75 Å². The molecule has 22 heavy (non-hydrogen) atoms. The normalized spacial score (nSPS) is 11.5. The Kier molecular flexibility index (Phi) is 5.08. The molecular formula is C15H17BrN2O3S. The van der Waals surface area contributed by atoms with Crippen molar-refractivity contribution in [3.8, 4) is 5.75 Å². The lowest BCUT2D eigenvalue weighted by molar-refractivity contribution is 0.242. The van der Waals surface area contributed by atoms with Crippen molar-refractivity contribution in [3.05, 3.63) is 46.6 Å². The number of hydrogen-bond acceptors (Lipinski definition) is 4. The van der Waals surface area contributed by atoms with Gasteiger partial charge in [0.05, 0.1) is 11.0 Å². The Hall–Kier alpha value is -1.60. The Morgan fingerprint density at radius 2 is 1.86 bits per heavy atom. The van der Waals surface area contributed by atoms with Crippen LogP contribution in [0.25, 0.3) is 0 Å². The first-order chi connectivity index (χ1) is 10.3. The average molecular weight is 385 g/mol. The first-order valence-corrected chi connectivity index (χ1v) is 8.97. The third-order valence-corrected chi connectivity index (χ3v) is 4.99. The molecule has 7 heteroatoms. The van der Waals surface area contributed by atoms with Crippen LogP contribution in [0.4, 0.5) is 5.82 Å². The molecule has 2 rings (SSSR count). The summed E-state index contributed by atoms with van der Waals surface area (Å²) in [4.78, 5) is 4.20. The van der Waals surface area contributed by atoms with Gasteiger partial charge in [0.25, 0.3) is 10.0 Å². The number of hydrogen-bond donors (Lipinski definition) is 1. The summed E-state index contributed by atoms with van der Waals surface area (Å²) < 4.78 is 33.4. The lowest BCUT2D eigenvalue weighted by Gasteiger charge is -2.11. The SMILES string of the molecule is Cc1cc(NS(=O)(=O)c2ccc(OC(C)C)cc2)ncc1Br. The lowest BCUT2D eigenvalue weighted by Crippen LogP contribution is -2.14. The third kappa shape index (κ3) is 4.20. The van der Waals surface area contributed by atoms with E-state index in [4.69, 9.17) is 4.74 Å². The van der Waals surface area contributed by atoms with E-state index in [1.54, 1.807) is 24.4 Å². The second-order valence-corrected chi connectivity index (χ2v) is 7.60. The van der Waals surface area contributed by atoms with Gasteiger partial charge in [-0.25, -0.2) is 13.4 Å². The molecule has 0 spiro atoms. The zero-order valence-electron chi connectivity index (χ0n) is 12.5. The van der Waals surface area contributed by atoms with Crippen molar-refractivity contribution < 1.29 is 13.2 Å². The fourth-order valence-electron chi connectivity index (χ4n) is 1.76. The van der Waals surface area contributed by atoms with E-state index >= 15 is 0 Å². The lowest BCUT2D eigenvalue weighted by atomic mass is 10.3. The van der Waals surface area contributed by atoms with Crippen molar-refractivity contribution in [2.75, 3.05) is 4.72 Å². The molecule has 0 bridgehead atoms. The molecule has 0 radical (unpaired) electrons. The largest absolute Gasteiger partial charge is 0.491 e. The molecule has 0 aliphatic carbocycles. The number of aryl methyl sites for hydroxylation is 1. The van der Waals surface area contributed by atoms with E-state index in [0.717, 1.165) is 10.0 Å². The van der Waals surface area contributed by atoms with Crippen LogP contribution in [0, 0.1) is 6.92 Å². The molecule has 1 heterocycles. The monoisotopic (exact) mass is 384 g/mol.